The quantitative estimate of drug-likeness (QED) is 0.642. The molecule has 1 aromatic carbocycles. The third kappa shape index (κ3) is 4.19. The monoisotopic (exact) mass is 369 g/mol. The molecule has 1 saturated heterocycles. The van der Waals surface area contributed by atoms with E-state index in [4.69, 9.17) is 4.74 Å². The van der Waals surface area contributed by atoms with Gasteiger partial charge in [0.15, 0.2) is 0 Å². The predicted octanol–water partition coefficient (Wildman–Crippen LogP) is 2.24. The molecule has 1 unspecified atom stereocenters. The van der Waals surface area contributed by atoms with E-state index in [9.17, 15) is 29.2 Å². The minimum Gasteiger partial charge on any atom is -0.480 e. The number of benzene rings is 1. The smallest absolute Gasteiger partial charge is 0.411 e. The first kappa shape index (κ1) is 19.4. The zero-order valence-electron chi connectivity index (χ0n) is 14.6. The second-order valence-corrected chi connectivity index (χ2v) is 6.84. The molecular weight excluding hydrogens is 349 g/mol. The molecule has 10 heteroatoms. The van der Waals surface area contributed by atoms with Crippen LogP contribution in [-0.2, 0) is 9.53 Å². The minimum atomic E-state index is -1.28. The number of carboxylic acid groups (broad SMARTS) is 1. The van der Waals surface area contributed by atoms with Crippen molar-refractivity contribution in [1.82, 2.24) is 4.90 Å². The van der Waals surface area contributed by atoms with Gasteiger partial charge in [-0.3, -0.25) is 15.0 Å². The van der Waals surface area contributed by atoms with Gasteiger partial charge in [-0.25, -0.2) is 9.59 Å². The van der Waals surface area contributed by atoms with Crippen LogP contribution in [-0.4, -0.2) is 58.3 Å². The van der Waals surface area contributed by atoms with E-state index >= 15 is 0 Å². The van der Waals surface area contributed by atoms with Gasteiger partial charge in [0, 0.05) is 19.6 Å². The average molecular weight is 369 g/mol. The summed E-state index contributed by atoms with van der Waals surface area (Å²) in [7, 11) is 0. The fourth-order valence-electron chi connectivity index (χ4n) is 2.69. The normalized spacial score (nSPS) is 17.8. The number of nitro groups is 1. The zero-order chi connectivity index (χ0) is 19.6. The lowest BCUT2D eigenvalue weighted by molar-refractivity contribution is -0.386. The maximum Gasteiger partial charge on any atom is 0.411 e. The minimum absolute atomic E-state index is 0.0231. The molecule has 0 aromatic heterocycles. The predicted molar refractivity (Wildman–Crippen MR) is 89.6 cm³/mol. The number of carbonyl (C=O) groups is 2. The van der Waals surface area contributed by atoms with Crippen LogP contribution < -0.4 is 4.90 Å². The number of amides is 1. The summed E-state index contributed by atoms with van der Waals surface area (Å²) in [6.45, 7) is 4.83. The molecule has 26 heavy (non-hydrogen) atoms. The van der Waals surface area contributed by atoms with E-state index in [1.54, 1.807) is 20.8 Å². The third-order valence-electron chi connectivity index (χ3n) is 3.78. The molecule has 2 rings (SSSR count). The molecule has 0 aliphatic carbocycles. The van der Waals surface area contributed by atoms with Crippen molar-refractivity contribution in [3.63, 3.8) is 0 Å². The van der Waals surface area contributed by atoms with E-state index in [0.29, 0.717) is 0 Å². The van der Waals surface area contributed by atoms with Crippen LogP contribution in [0.3, 0.4) is 0 Å². The van der Waals surface area contributed by atoms with Crippen molar-refractivity contribution >= 4 is 23.4 Å². The van der Waals surface area contributed by atoms with Crippen molar-refractivity contribution in [3.8, 4) is 0 Å². The van der Waals surface area contributed by atoms with Crippen molar-refractivity contribution in [3.05, 3.63) is 34.1 Å². The fraction of sp³-hybridized carbons (Fsp3) is 0.500. The zero-order valence-corrected chi connectivity index (χ0v) is 14.6. The summed E-state index contributed by atoms with van der Waals surface area (Å²) in [5, 5.41) is 20.6. The first-order valence-corrected chi connectivity index (χ1v) is 7.91. The highest BCUT2D eigenvalue weighted by atomic mass is 19.1. The number of hydrogen-bond donors (Lipinski definition) is 1. The molecule has 0 bridgehead atoms. The topological polar surface area (TPSA) is 113 Å². The van der Waals surface area contributed by atoms with Gasteiger partial charge in [0.05, 0.1) is 4.92 Å². The number of carbonyl (C=O) groups excluding carboxylic acids is 1. The summed E-state index contributed by atoms with van der Waals surface area (Å²) < 4.78 is 19.0. The molecule has 1 fully saturated rings. The average Bonchev–Trinajstić information content (AvgIpc) is 2.51. The van der Waals surface area contributed by atoms with Crippen molar-refractivity contribution in [2.24, 2.45) is 0 Å². The molecule has 0 spiro atoms. The van der Waals surface area contributed by atoms with Gasteiger partial charge in [-0.1, -0.05) is 6.07 Å². The van der Waals surface area contributed by atoms with Crippen LogP contribution in [0.4, 0.5) is 20.6 Å². The molecule has 1 N–H and O–H groups in total. The van der Waals surface area contributed by atoms with Crippen molar-refractivity contribution in [2.75, 3.05) is 24.5 Å². The first-order valence-electron chi connectivity index (χ1n) is 7.91. The van der Waals surface area contributed by atoms with Gasteiger partial charge in [0.1, 0.15) is 17.3 Å². The SMILES string of the molecule is CC(C)(C)OC(=O)N1CCN(c2cccc(F)c2[N+](=O)[O-])CC1C(=O)O. The maximum atomic E-state index is 13.8. The van der Waals surface area contributed by atoms with E-state index in [1.807, 2.05) is 0 Å². The Balaban J connectivity index is 2.29. The number of para-hydroxylation sites is 1. The van der Waals surface area contributed by atoms with Crippen LogP contribution >= 0.6 is 0 Å². The highest BCUT2D eigenvalue weighted by Crippen LogP contribution is 2.32. The van der Waals surface area contributed by atoms with Gasteiger partial charge < -0.3 is 14.7 Å². The molecule has 1 amide bonds. The molecule has 1 aromatic rings. The second kappa shape index (κ2) is 7.14. The lowest BCUT2D eigenvalue weighted by Crippen LogP contribution is -2.59. The summed E-state index contributed by atoms with van der Waals surface area (Å²) in [5.74, 6) is -2.28. The second-order valence-electron chi connectivity index (χ2n) is 6.84. The van der Waals surface area contributed by atoms with E-state index in [1.165, 1.54) is 17.0 Å². The first-order chi connectivity index (χ1) is 12.0. The molecule has 1 aliphatic heterocycles. The summed E-state index contributed by atoms with van der Waals surface area (Å²) in [5.41, 5.74) is -1.54. The molecule has 1 atom stereocenters. The van der Waals surface area contributed by atoms with Crippen LogP contribution in [0.15, 0.2) is 18.2 Å². The Hall–Kier alpha value is -2.91. The van der Waals surface area contributed by atoms with E-state index in [2.05, 4.69) is 0 Å². The summed E-state index contributed by atoms with van der Waals surface area (Å²) in [4.78, 5) is 36.6. The number of rotatable bonds is 3. The van der Waals surface area contributed by atoms with Crippen LogP contribution in [0.1, 0.15) is 20.8 Å². The standard InChI is InChI=1S/C16H20FN3O6/c1-16(2,3)26-15(23)19-8-7-18(9-12(19)14(21)22)11-6-4-5-10(17)13(11)20(24)25/h4-6,12H,7-9H2,1-3H3,(H,21,22). The highest BCUT2D eigenvalue weighted by Gasteiger charge is 2.39. The Bertz CT molecular complexity index is 733. The Kier molecular flexibility index (Phi) is 5.33. The van der Waals surface area contributed by atoms with Gasteiger partial charge in [-0.15, -0.1) is 0 Å². The molecule has 0 saturated carbocycles. The molecule has 1 heterocycles. The fourth-order valence-corrected chi connectivity index (χ4v) is 2.69. The molecule has 1 aliphatic rings. The number of anilines is 1. The number of nitrogens with zero attached hydrogens (tertiary/aromatic N) is 3. The van der Waals surface area contributed by atoms with Crippen LogP contribution in [0.25, 0.3) is 0 Å². The van der Waals surface area contributed by atoms with Crippen LogP contribution in [0, 0.1) is 15.9 Å². The number of carboxylic acids is 1. The number of nitro benzene ring substituents is 1. The summed E-state index contributed by atoms with van der Waals surface area (Å²) >= 11 is 0. The number of halogens is 1. The Morgan fingerprint density at radius 1 is 1.35 bits per heavy atom. The lowest BCUT2D eigenvalue weighted by Gasteiger charge is -2.40. The van der Waals surface area contributed by atoms with Crippen molar-refractivity contribution in [1.29, 1.82) is 0 Å². The molecule has 142 valence electrons. The van der Waals surface area contributed by atoms with Crippen molar-refractivity contribution < 1.29 is 28.7 Å². The van der Waals surface area contributed by atoms with Gasteiger partial charge in [0.25, 0.3) is 0 Å². The number of hydrogen-bond acceptors (Lipinski definition) is 6. The Labute approximate surface area is 149 Å². The highest BCUT2D eigenvalue weighted by molar-refractivity contribution is 5.82. The number of aliphatic carboxylic acids is 1. The third-order valence-corrected chi connectivity index (χ3v) is 3.78. The van der Waals surface area contributed by atoms with Crippen LogP contribution in [0.2, 0.25) is 0 Å². The molecule has 0 radical (unpaired) electrons. The van der Waals surface area contributed by atoms with Crippen LogP contribution in [0.5, 0.6) is 0 Å². The number of ether oxygens (including phenoxy) is 1. The van der Waals surface area contributed by atoms with E-state index in [0.717, 1.165) is 11.0 Å². The van der Waals surface area contributed by atoms with Gasteiger partial charge >= 0.3 is 17.7 Å². The van der Waals surface area contributed by atoms with Gasteiger partial charge in [-0.2, -0.15) is 4.39 Å². The Morgan fingerprint density at radius 2 is 2.00 bits per heavy atom. The lowest BCUT2D eigenvalue weighted by atomic mass is 10.1. The Morgan fingerprint density at radius 3 is 2.54 bits per heavy atom. The summed E-state index contributed by atoms with van der Waals surface area (Å²) in [6, 6.07) is 2.35. The van der Waals surface area contributed by atoms with E-state index < -0.39 is 40.1 Å². The maximum absolute atomic E-state index is 13.8. The molecular formula is C16H20FN3O6. The van der Waals surface area contributed by atoms with E-state index in [-0.39, 0.29) is 25.3 Å². The van der Waals surface area contributed by atoms with Gasteiger partial charge in [0.2, 0.25) is 5.82 Å². The van der Waals surface area contributed by atoms with Crippen molar-refractivity contribution in [2.45, 2.75) is 32.4 Å². The number of piperazine rings is 1. The summed E-state index contributed by atoms with van der Waals surface area (Å²) in [6.07, 6.45) is -0.779. The van der Waals surface area contributed by atoms with Gasteiger partial charge in [-0.05, 0) is 32.9 Å². The molecule has 9 nitrogen and oxygen atoms in total. The largest absolute Gasteiger partial charge is 0.480 e.